The van der Waals surface area contributed by atoms with Crippen LogP contribution in [-0.4, -0.2) is 17.0 Å². The van der Waals surface area contributed by atoms with Crippen molar-refractivity contribution < 1.29 is 9.90 Å². The van der Waals surface area contributed by atoms with Gasteiger partial charge in [-0.05, 0) is 18.8 Å². The minimum Gasteiger partial charge on any atom is -0.393 e. The van der Waals surface area contributed by atoms with E-state index >= 15 is 0 Å². The second-order valence-electron chi connectivity index (χ2n) is 3.78. The van der Waals surface area contributed by atoms with Gasteiger partial charge in [0.05, 0.1) is 6.10 Å². The molecule has 1 N–H and O–H groups in total. The average Bonchev–Trinajstić information content (AvgIpc) is 1.84. The number of aliphatic hydroxyl groups is 1. The maximum Gasteiger partial charge on any atom is 0.135 e. The Labute approximate surface area is 75.0 Å². The predicted molar refractivity (Wildman–Crippen MR) is 50.0 cm³/mol. The van der Waals surface area contributed by atoms with Gasteiger partial charge in [-0.3, -0.25) is 4.79 Å². The predicted octanol–water partition coefficient (Wildman–Crippen LogP) is 2.15. The minimum atomic E-state index is -0.427. The Bertz CT molecular complexity index is 130. The molecule has 1 unspecified atom stereocenters. The van der Waals surface area contributed by atoms with Crippen LogP contribution in [0.5, 0.6) is 0 Å². The zero-order chi connectivity index (χ0) is 9.56. The van der Waals surface area contributed by atoms with Gasteiger partial charge in [-0.1, -0.05) is 20.8 Å². The molecular formula is C10H20O2. The van der Waals surface area contributed by atoms with E-state index in [-0.39, 0.29) is 5.78 Å². The van der Waals surface area contributed by atoms with Crippen LogP contribution in [0.2, 0.25) is 0 Å². The smallest absolute Gasteiger partial charge is 0.135 e. The van der Waals surface area contributed by atoms with Crippen LogP contribution < -0.4 is 0 Å². The van der Waals surface area contributed by atoms with E-state index in [1.807, 2.05) is 20.8 Å². The summed E-state index contributed by atoms with van der Waals surface area (Å²) in [5.41, 5.74) is 0. The molecule has 0 aliphatic rings. The molecule has 0 radical (unpaired) electrons. The molecule has 12 heavy (non-hydrogen) atoms. The summed E-state index contributed by atoms with van der Waals surface area (Å²) >= 11 is 0. The number of hydrogen-bond donors (Lipinski definition) is 1. The van der Waals surface area contributed by atoms with E-state index in [1.54, 1.807) is 0 Å². The van der Waals surface area contributed by atoms with Crippen LogP contribution in [0, 0.1) is 5.92 Å². The zero-order valence-electron chi connectivity index (χ0n) is 8.34. The van der Waals surface area contributed by atoms with E-state index in [4.69, 9.17) is 0 Å². The molecule has 0 amide bonds. The Morgan fingerprint density at radius 1 is 1.42 bits per heavy atom. The highest BCUT2D eigenvalue weighted by atomic mass is 16.3. The lowest BCUT2D eigenvalue weighted by Gasteiger charge is -2.11. The number of carbonyl (C=O) groups excluding carboxylic acids is 1. The highest BCUT2D eigenvalue weighted by Crippen LogP contribution is 2.09. The van der Waals surface area contributed by atoms with Crippen LogP contribution >= 0.6 is 0 Å². The van der Waals surface area contributed by atoms with Gasteiger partial charge in [0.2, 0.25) is 0 Å². The second kappa shape index (κ2) is 6.18. The normalized spacial score (nSPS) is 13.4. The number of Topliss-reactive ketones (excluding diaryl/α,β-unsaturated/α-hetero) is 1. The van der Waals surface area contributed by atoms with Crippen molar-refractivity contribution in [1.82, 2.24) is 0 Å². The molecule has 0 rings (SSSR count). The molecule has 0 saturated heterocycles. The summed E-state index contributed by atoms with van der Waals surface area (Å²) in [6, 6.07) is 0. The van der Waals surface area contributed by atoms with Gasteiger partial charge in [0.1, 0.15) is 5.78 Å². The number of aliphatic hydroxyl groups excluding tert-OH is 1. The lowest BCUT2D eigenvalue weighted by molar-refractivity contribution is -0.121. The fraction of sp³-hybridized carbons (Fsp3) is 0.900. The second-order valence-corrected chi connectivity index (χ2v) is 3.78. The summed E-state index contributed by atoms with van der Waals surface area (Å²) in [4.78, 5) is 11.1. The van der Waals surface area contributed by atoms with Crippen molar-refractivity contribution in [3.8, 4) is 0 Å². The van der Waals surface area contributed by atoms with Crippen LogP contribution in [0.4, 0.5) is 0 Å². The lowest BCUT2D eigenvalue weighted by atomic mass is 10.0. The molecule has 2 heteroatoms. The van der Waals surface area contributed by atoms with Crippen molar-refractivity contribution in [3.05, 3.63) is 0 Å². The average molecular weight is 172 g/mol. The maximum atomic E-state index is 11.1. The van der Waals surface area contributed by atoms with Gasteiger partial charge in [0.15, 0.2) is 0 Å². The molecule has 0 aliphatic carbocycles. The van der Waals surface area contributed by atoms with Gasteiger partial charge < -0.3 is 5.11 Å². The first-order chi connectivity index (χ1) is 5.56. The molecule has 2 nitrogen and oxygen atoms in total. The highest BCUT2D eigenvalue weighted by Gasteiger charge is 2.11. The summed E-state index contributed by atoms with van der Waals surface area (Å²) in [6.07, 6.45) is 2.13. The highest BCUT2D eigenvalue weighted by molar-refractivity contribution is 5.78. The van der Waals surface area contributed by atoms with Crippen LogP contribution in [0.25, 0.3) is 0 Å². The Kier molecular flexibility index (Phi) is 5.99. The first-order valence-corrected chi connectivity index (χ1v) is 4.76. The van der Waals surface area contributed by atoms with Gasteiger partial charge in [-0.15, -0.1) is 0 Å². The third kappa shape index (κ3) is 6.35. The third-order valence-corrected chi connectivity index (χ3v) is 1.74. The van der Waals surface area contributed by atoms with Crippen LogP contribution in [-0.2, 0) is 4.79 Å². The molecule has 0 aromatic carbocycles. The molecule has 0 saturated carbocycles. The summed E-state index contributed by atoms with van der Waals surface area (Å²) in [7, 11) is 0. The number of ketones is 1. The third-order valence-electron chi connectivity index (χ3n) is 1.74. The quantitative estimate of drug-likeness (QED) is 0.666. The Balaban J connectivity index is 3.54. The first-order valence-electron chi connectivity index (χ1n) is 4.76. The number of hydrogen-bond acceptors (Lipinski definition) is 2. The van der Waals surface area contributed by atoms with Crippen molar-refractivity contribution in [2.24, 2.45) is 5.92 Å². The Morgan fingerprint density at radius 3 is 2.42 bits per heavy atom. The van der Waals surface area contributed by atoms with Crippen LogP contribution in [0.3, 0.4) is 0 Å². The SMILES string of the molecule is CCCC(=O)CC(O)CC(C)C. The van der Waals surface area contributed by atoms with Gasteiger partial charge >= 0.3 is 0 Å². The van der Waals surface area contributed by atoms with Crippen LogP contribution in [0.15, 0.2) is 0 Å². The van der Waals surface area contributed by atoms with E-state index in [9.17, 15) is 9.90 Å². The van der Waals surface area contributed by atoms with E-state index < -0.39 is 6.10 Å². The molecule has 0 aromatic rings. The minimum absolute atomic E-state index is 0.186. The monoisotopic (exact) mass is 172 g/mol. The summed E-state index contributed by atoms with van der Waals surface area (Å²) in [5.74, 6) is 0.653. The summed E-state index contributed by atoms with van der Waals surface area (Å²) in [5, 5.41) is 9.40. The fourth-order valence-electron chi connectivity index (χ4n) is 1.27. The zero-order valence-corrected chi connectivity index (χ0v) is 8.34. The van der Waals surface area contributed by atoms with Crippen molar-refractivity contribution in [2.75, 3.05) is 0 Å². The van der Waals surface area contributed by atoms with Crippen molar-refractivity contribution >= 4 is 5.78 Å². The van der Waals surface area contributed by atoms with Crippen molar-refractivity contribution in [2.45, 2.75) is 52.6 Å². The van der Waals surface area contributed by atoms with Crippen LogP contribution in [0.1, 0.15) is 46.5 Å². The number of rotatable bonds is 6. The largest absolute Gasteiger partial charge is 0.393 e. The van der Waals surface area contributed by atoms with Gasteiger partial charge in [0.25, 0.3) is 0 Å². The Hall–Kier alpha value is -0.370. The lowest BCUT2D eigenvalue weighted by Crippen LogP contribution is -2.15. The van der Waals surface area contributed by atoms with Gasteiger partial charge in [-0.2, -0.15) is 0 Å². The van der Waals surface area contributed by atoms with Crippen molar-refractivity contribution in [1.29, 1.82) is 0 Å². The first kappa shape index (κ1) is 11.6. The molecule has 0 bridgehead atoms. The van der Waals surface area contributed by atoms with E-state index in [0.717, 1.165) is 12.8 Å². The summed E-state index contributed by atoms with van der Waals surface area (Å²) in [6.45, 7) is 6.08. The molecule has 72 valence electrons. The summed E-state index contributed by atoms with van der Waals surface area (Å²) < 4.78 is 0. The van der Waals surface area contributed by atoms with Crippen molar-refractivity contribution in [3.63, 3.8) is 0 Å². The standard InChI is InChI=1S/C10H20O2/c1-4-5-9(11)7-10(12)6-8(2)3/h8,10,12H,4-7H2,1-3H3. The molecule has 0 spiro atoms. The molecule has 0 aromatic heterocycles. The van der Waals surface area contributed by atoms with E-state index in [2.05, 4.69) is 0 Å². The van der Waals surface area contributed by atoms with E-state index in [1.165, 1.54) is 0 Å². The van der Waals surface area contributed by atoms with Gasteiger partial charge in [0, 0.05) is 12.8 Å². The van der Waals surface area contributed by atoms with E-state index in [0.29, 0.717) is 18.8 Å². The van der Waals surface area contributed by atoms with Gasteiger partial charge in [-0.25, -0.2) is 0 Å². The number of carbonyl (C=O) groups is 1. The molecular weight excluding hydrogens is 152 g/mol. The fourth-order valence-corrected chi connectivity index (χ4v) is 1.27. The molecule has 0 aliphatic heterocycles. The molecule has 1 atom stereocenters. The topological polar surface area (TPSA) is 37.3 Å². The molecule has 0 fully saturated rings. The maximum absolute atomic E-state index is 11.1. The Morgan fingerprint density at radius 2 is 2.00 bits per heavy atom. The molecule has 0 heterocycles.